The fraction of sp³-hybridized carbons (Fsp3) is 0.391. The van der Waals surface area contributed by atoms with E-state index in [0.717, 1.165) is 37.2 Å². The standard InChI is InChI=1S/C23H29N3O5/c1-30-21-8-4-3-7-18(21)16-26(13-14-27)23(29)24-19-15-17(22(28)31-2)9-10-20(19)25-11-5-6-12-25/h3-4,7-10,15,27H,5-6,11-14,16H2,1-2H3,(H,24,29). The van der Waals surface area contributed by atoms with Gasteiger partial charge in [-0.25, -0.2) is 9.59 Å². The first kappa shape index (κ1) is 22.4. The maximum Gasteiger partial charge on any atom is 0.337 e. The van der Waals surface area contributed by atoms with E-state index in [4.69, 9.17) is 9.47 Å². The fourth-order valence-electron chi connectivity index (χ4n) is 3.72. The van der Waals surface area contributed by atoms with Crippen LogP contribution in [0.25, 0.3) is 0 Å². The number of hydrogen-bond donors (Lipinski definition) is 2. The van der Waals surface area contributed by atoms with E-state index >= 15 is 0 Å². The number of nitrogens with one attached hydrogen (secondary N) is 1. The van der Waals surface area contributed by atoms with Crippen molar-refractivity contribution in [1.29, 1.82) is 0 Å². The summed E-state index contributed by atoms with van der Waals surface area (Å²) in [6.07, 6.45) is 2.16. The van der Waals surface area contributed by atoms with Gasteiger partial charge in [-0.2, -0.15) is 0 Å². The predicted molar refractivity (Wildman–Crippen MR) is 119 cm³/mol. The van der Waals surface area contributed by atoms with Crippen molar-refractivity contribution in [3.8, 4) is 5.75 Å². The molecule has 0 bridgehead atoms. The highest BCUT2D eigenvalue weighted by Crippen LogP contribution is 2.31. The maximum absolute atomic E-state index is 13.2. The molecule has 31 heavy (non-hydrogen) atoms. The van der Waals surface area contributed by atoms with Crippen LogP contribution < -0.4 is 15.0 Å². The van der Waals surface area contributed by atoms with Gasteiger partial charge in [-0.1, -0.05) is 18.2 Å². The van der Waals surface area contributed by atoms with Crippen LogP contribution in [0.3, 0.4) is 0 Å². The van der Waals surface area contributed by atoms with Gasteiger partial charge in [-0.15, -0.1) is 0 Å². The Bertz CT molecular complexity index is 912. The Kier molecular flexibility index (Phi) is 7.72. The van der Waals surface area contributed by atoms with Crippen LogP contribution in [0.1, 0.15) is 28.8 Å². The number of rotatable bonds is 8. The van der Waals surface area contributed by atoms with Crippen molar-refractivity contribution < 1.29 is 24.2 Å². The van der Waals surface area contributed by atoms with Gasteiger partial charge in [0.25, 0.3) is 0 Å². The van der Waals surface area contributed by atoms with Crippen LogP contribution in [-0.2, 0) is 11.3 Å². The number of methoxy groups -OCH3 is 2. The van der Waals surface area contributed by atoms with E-state index in [9.17, 15) is 14.7 Å². The molecule has 2 aromatic carbocycles. The molecule has 0 spiro atoms. The van der Waals surface area contributed by atoms with E-state index in [1.54, 1.807) is 19.2 Å². The Morgan fingerprint density at radius 3 is 2.55 bits per heavy atom. The van der Waals surface area contributed by atoms with E-state index in [0.29, 0.717) is 17.0 Å². The summed E-state index contributed by atoms with van der Waals surface area (Å²) in [6.45, 7) is 2.03. The molecule has 0 radical (unpaired) electrons. The van der Waals surface area contributed by atoms with Gasteiger partial charge in [0.05, 0.1) is 44.3 Å². The molecule has 0 saturated carbocycles. The number of nitrogens with zero attached hydrogens (tertiary/aromatic N) is 2. The number of urea groups is 1. The first-order valence-electron chi connectivity index (χ1n) is 10.3. The number of para-hydroxylation sites is 1. The molecule has 2 amide bonds. The second-order valence-electron chi connectivity index (χ2n) is 7.30. The van der Waals surface area contributed by atoms with Crippen molar-refractivity contribution in [2.24, 2.45) is 0 Å². The lowest BCUT2D eigenvalue weighted by Crippen LogP contribution is -2.37. The van der Waals surface area contributed by atoms with Gasteiger partial charge in [0.1, 0.15) is 5.75 Å². The molecule has 1 fully saturated rings. The number of esters is 1. The number of aliphatic hydroxyl groups is 1. The summed E-state index contributed by atoms with van der Waals surface area (Å²) < 4.78 is 10.2. The van der Waals surface area contributed by atoms with Crippen LogP contribution >= 0.6 is 0 Å². The van der Waals surface area contributed by atoms with Gasteiger partial charge >= 0.3 is 12.0 Å². The number of ether oxygens (including phenoxy) is 2. The zero-order valence-corrected chi connectivity index (χ0v) is 18.0. The minimum Gasteiger partial charge on any atom is -0.496 e. The van der Waals surface area contributed by atoms with E-state index in [1.807, 2.05) is 30.3 Å². The number of hydrogen-bond acceptors (Lipinski definition) is 6. The highest BCUT2D eigenvalue weighted by molar-refractivity contribution is 5.97. The third kappa shape index (κ3) is 5.46. The first-order chi connectivity index (χ1) is 15.1. The van der Waals surface area contributed by atoms with Crippen LogP contribution in [0.5, 0.6) is 5.75 Å². The summed E-state index contributed by atoms with van der Waals surface area (Å²) in [5, 5.41) is 12.4. The summed E-state index contributed by atoms with van der Waals surface area (Å²) in [4.78, 5) is 28.9. The lowest BCUT2D eigenvalue weighted by molar-refractivity contribution is 0.0600. The molecule has 1 heterocycles. The van der Waals surface area contributed by atoms with E-state index in [1.165, 1.54) is 12.0 Å². The highest BCUT2D eigenvalue weighted by atomic mass is 16.5. The zero-order chi connectivity index (χ0) is 22.2. The molecule has 1 aliphatic heterocycles. The third-order valence-corrected chi connectivity index (χ3v) is 5.32. The SMILES string of the molecule is COC(=O)c1ccc(N2CCCC2)c(NC(=O)N(CCO)Cc2ccccc2OC)c1. The van der Waals surface area contributed by atoms with Gasteiger partial charge in [0.15, 0.2) is 0 Å². The quantitative estimate of drug-likeness (QED) is 0.629. The van der Waals surface area contributed by atoms with Crippen LogP contribution in [0.4, 0.5) is 16.2 Å². The molecular formula is C23H29N3O5. The summed E-state index contributed by atoms with van der Waals surface area (Å²) in [5.74, 6) is 0.202. The molecule has 0 aliphatic carbocycles. The topological polar surface area (TPSA) is 91.3 Å². The van der Waals surface area contributed by atoms with Crippen LogP contribution in [0.15, 0.2) is 42.5 Å². The van der Waals surface area contributed by atoms with Crippen molar-refractivity contribution >= 4 is 23.4 Å². The molecule has 8 heteroatoms. The maximum atomic E-state index is 13.2. The molecule has 0 aromatic heterocycles. The monoisotopic (exact) mass is 427 g/mol. The van der Waals surface area contributed by atoms with Crippen molar-refractivity contribution in [1.82, 2.24) is 4.90 Å². The molecule has 3 rings (SSSR count). The molecule has 1 saturated heterocycles. The highest BCUT2D eigenvalue weighted by Gasteiger charge is 2.22. The molecule has 0 unspecified atom stereocenters. The number of amides is 2. The molecular weight excluding hydrogens is 398 g/mol. The Labute approximate surface area is 182 Å². The van der Waals surface area contributed by atoms with Gasteiger partial charge in [0, 0.05) is 25.2 Å². The molecule has 2 N–H and O–H groups in total. The van der Waals surface area contributed by atoms with Crippen LogP contribution in [0.2, 0.25) is 0 Å². The average Bonchev–Trinajstić information content (AvgIpc) is 3.33. The van der Waals surface area contributed by atoms with Crippen LogP contribution in [-0.4, -0.2) is 62.5 Å². The normalized spacial score (nSPS) is 13.1. The minimum atomic E-state index is -0.468. The Morgan fingerprint density at radius 2 is 1.87 bits per heavy atom. The third-order valence-electron chi connectivity index (χ3n) is 5.32. The average molecular weight is 428 g/mol. The summed E-state index contributed by atoms with van der Waals surface area (Å²) in [6, 6.07) is 12.2. The molecule has 2 aromatic rings. The van der Waals surface area contributed by atoms with Crippen molar-refractivity contribution in [3.63, 3.8) is 0 Å². The smallest absolute Gasteiger partial charge is 0.337 e. The zero-order valence-electron chi connectivity index (χ0n) is 18.0. The Hall–Kier alpha value is -3.26. The lowest BCUT2D eigenvalue weighted by atomic mass is 10.1. The summed E-state index contributed by atoms with van der Waals surface area (Å²) in [5.41, 5.74) is 2.59. The number of aliphatic hydroxyl groups excluding tert-OH is 1. The van der Waals surface area contributed by atoms with Gasteiger partial charge in [-0.3, -0.25) is 0 Å². The van der Waals surface area contributed by atoms with Crippen molar-refractivity contribution in [2.45, 2.75) is 19.4 Å². The molecule has 1 aliphatic rings. The lowest BCUT2D eigenvalue weighted by Gasteiger charge is -2.26. The molecule has 8 nitrogen and oxygen atoms in total. The number of carbonyl (C=O) groups is 2. The largest absolute Gasteiger partial charge is 0.496 e. The van der Waals surface area contributed by atoms with E-state index < -0.39 is 5.97 Å². The van der Waals surface area contributed by atoms with E-state index in [-0.39, 0.29) is 25.7 Å². The van der Waals surface area contributed by atoms with Crippen molar-refractivity contribution in [2.75, 3.05) is 50.7 Å². The van der Waals surface area contributed by atoms with Gasteiger partial charge in [-0.05, 0) is 37.1 Å². The van der Waals surface area contributed by atoms with Crippen LogP contribution in [0, 0.1) is 0 Å². The summed E-state index contributed by atoms with van der Waals surface area (Å²) >= 11 is 0. The van der Waals surface area contributed by atoms with Crippen molar-refractivity contribution in [3.05, 3.63) is 53.6 Å². The molecule has 166 valence electrons. The summed E-state index contributed by atoms with van der Waals surface area (Å²) in [7, 11) is 2.90. The second kappa shape index (κ2) is 10.7. The minimum absolute atomic E-state index is 0.152. The second-order valence-corrected chi connectivity index (χ2v) is 7.30. The molecule has 0 atom stereocenters. The Balaban J connectivity index is 1.86. The fourth-order valence-corrected chi connectivity index (χ4v) is 3.72. The van der Waals surface area contributed by atoms with Gasteiger partial charge < -0.3 is 29.7 Å². The first-order valence-corrected chi connectivity index (χ1v) is 10.3. The van der Waals surface area contributed by atoms with Gasteiger partial charge in [0.2, 0.25) is 0 Å². The Morgan fingerprint density at radius 1 is 1.13 bits per heavy atom. The van der Waals surface area contributed by atoms with E-state index in [2.05, 4.69) is 10.2 Å². The predicted octanol–water partition coefficient (Wildman–Crippen LogP) is 3.11. The number of anilines is 2. The number of carbonyl (C=O) groups excluding carboxylic acids is 2. The number of benzene rings is 2.